The molecule has 1 aromatic carbocycles. The van der Waals surface area contributed by atoms with Crippen molar-refractivity contribution < 1.29 is 19.1 Å². The van der Waals surface area contributed by atoms with E-state index in [0.29, 0.717) is 31.0 Å². The van der Waals surface area contributed by atoms with Crippen LogP contribution < -0.4 is 37.6 Å². The fraction of sp³-hybridized carbons (Fsp3) is 0.432. The van der Waals surface area contributed by atoms with Gasteiger partial charge in [0.05, 0.1) is 47.2 Å². The SMILES string of the molecule is CC.CN1Cc2c(cnn2C2CN(Cc3cccc(NC=O)n3)C2)-c2cccc(NC(/C=C(\N)NC(=O)C3CC3)=C(/N)C(=O)NC3CC3)c21.COC. The lowest BCUT2D eigenvalue weighted by atomic mass is 9.97. The fourth-order valence-electron chi connectivity index (χ4n) is 6.15. The third-order valence-electron chi connectivity index (χ3n) is 8.91. The Balaban J connectivity index is 0.000000995. The van der Waals surface area contributed by atoms with E-state index in [-0.39, 0.29) is 41.3 Å². The first-order valence-corrected chi connectivity index (χ1v) is 17.7. The van der Waals surface area contributed by atoms with Crippen LogP contribution in [0, 0.1) is 5.92 Å². The van der Waals surface area contributed by atoms with Crippen LogP contribution >= 0.6 is 0 Å². The molecular formula is C37H51N11O4. The number of ether oxygens (including phenoxy) is 1. The van der Waals surface area contributed by atoms with Crippen molar-refractivity contribution in [2.75, 3.05) is 49.9 Å². The number of anilines is 3. The van der Waals surface area contributed by atoms with Gasteiger partial charge in [-0.3, -0.25) is 24.0 Å². The standard InChI is InChI=1S/C33H39N11O3.C2H6O.C2H6/c1-42-17-27-24(13-37-44(27)22-15-43(16-22)14-21-4-2-7-29(38-21)36-18-45)23-5-3-6-25(31(23)42)40-26(30(35)33(47)39-20-10-11-20)12-28(34)41-32(46)19-8-9-19;1-3-2;1-2/h2-7,12-13,18-20,22,40H,8-11,14-17,34-35H2,1H3,(H,39,47)(H,41,46)(H,36,38,45);1-2H3;1-2H3/b28-12+,30-26+;;. The molecule has 4 aliphatic rings. The third kappa shape index (κ3) is 9.08. The van der Waals surface area contributed by atoms with E-state index in [0.717, 1.165) is 72.7 Å². The molecule has 15 nitrogen and oxygen atoms in total. The Labute approximate surface area is 304 Å². The van der Waals surface area contributed by atoms with Gasteiger partial charge in [0.25, 0.3) is 5.91 Å². The van der Waals surface area contributed by atoms with Crippen LogP contribution in [-0.2, 0) is 32.2 Å². The summed E-state index contributed by atoms with van der Waals surface area (Å²) in [7, 11) is 5.27. The highest BCUT2D eigenvalue weighted by atomic mass is 16.4. The summed E-state index contributed by atoms with van der Waals surface area (Å²) in [6.07, 6.45) is 7.61. The van der Waals surface area contributed by atoms with E-state index in [1.807, 2.05) is 51.4 Å². The lowest BCUT2D eigenvalue weighted by molar-refractivity contribution is -0.121. The highest BCUT2D eigenvalue weighted by molar-refractivity contribution is 5.96. The Hall–Kier alpha value is -5.41. The van der Waals surface area contributed by atoms with Gasteiger partial charge in [0, 0.05) is 70.1 Å². The molecule has 4 heterocycles. The molecule has 0 bridgehead atoms. The average molecular weight is 714 g/mol. The van der Waals surface area contributed by atoms with Gasteiger partial charge in [-0.15, -0.1) is 0 Å². The van der Waals surface area contributed by atoms with Crippen molar-refractivity contribution >= 4 is 35.4 Å². The van der Waals surface area contributed by atoms with Crippen LogP contribution in [0.1, 0.15) is 57.0 Å². The van der Waals surface area contributed by atoms with Gasteiger partial charge in [-0.2, -0.15) is 5.10 Å². The molecule has 8 N–H and O–H groups in total. The largest absolute Gasteiger partial charge is 0.393 e. The average Bonchev–Trinajstić information content (AvgIpc) is 4.06. The van der Waals surface area contributed by atoms with Crippen molar-refractivity contribution in [2.45, 2.75) is 64.7 Å². The van der Waals surface area contributed by atoms with Crippen LogP contribution in [0.5, 0.6) is 0 Å². The number of aromatic nitrogens is 3. The molecule has 0 spiro atoms. The number of methoxy groups -OCH3 is 1. The van der Waals surface area contributed by atoms with Crippen LogP contribution in [0.25, 0.3) is 11.1 Å². The number of pyridine rings is 1. The van der Waals surface area contributed by atoms with Gasteiger partial charge in [0.1, 0.15) is 17.3 Å². The van der Waals surface area contributed by atoms with Gasteiger partial charge in [-0.1, -0.05) is 32.0 Å². The summed E-state index contributed by atoms with van der Waals surface area (Å²) in [5.74, 6) is 0.117. The molecule has 0 atom stereocenters. The second kappa shape index (κ2) is 17.2. The summed E-state index contributed by atoms with van der Waals surface area (Å²) < 4.78 is 6.38. The number of nitrogens with two attached hydrogens (primary N) is 2. The van der Waals surface area contributed by atoms with Crippen molar-refractivity contribution in [3.63, 3.8) is 0 Å². The van der Waals surface area contributed by atoms with Gasteiger partial charge in [0.15, 0.2) is 0 Å². The summed E-state index contributed by atoms with van der Waals surface area (Å²) in [6, 6.07) is 11.9. The van der Waals surface area contributed by atoms with Crippen molar-refractivity contribution in [1.29, 1.82) is 0 Å². The van der Waals surface area contributed by atoms with Crippen molar-refractivity contribution in [3.05, 3.63) is 77.3 Å². The van der Waals surface area contributed by atoms with Gasteiger partial charge in [-0.05, 0) is 43.9 Å². The maximum absolute atomic E-state index is 13.0. The van der Waals surface area contributed by atoms with E-state index in [4.69, 9.17) is 16.6 Å². The highest BCUT2D eigenvalue weighted by Gasteiger charge is 2.35. The van der Waals surface area contributed by atoms with Crippen LogP contribution in [0.2, 0.25) is 0 Å². The van der Waals surface area contributed by atoms with E-state index < -0.39 is 0 Å². The Kier molecular flexibility index (Phi) is 12.5. The number of hydrogen-bond acceptors (Lipinski definition) is 11. The molecule has 0 radical (unpaired) electrons. The maximum atomic E-state index is 13.0. The van der Waals surface area contributed by atoms with Gasteiger partial charge in [0.2, 0.25) is 12.3 Å². The van der Waals surface area contributed by atoms with Crippen molar-refractivity contribution in [2.24, 2.45) is 17.4 Å². The summed E-state index contributed by atoms with van der Waals surface area (Å²) in [4.78, 5) is 45.1. The highest BCUT2D eigenvalue weighted by Crippen LogP contribution is 2.44. The summed E-state index contributed by atoms with van der Waals surface area (Å²) in [6.45, 7) is 6.99. The number of amides is 3. The molecular weight excluding hydrogens is 662 g/mol. The van der Waals surface area contributed by atoms with E-state index in [2.05, 4.69) is 51.5 Å². The van der Waals surface area contributed by atoms with E-state index in [1.165, 1.54) is 6.08 Å². The van der Waals surface area contributed by atoms with Crippen LogP contribution in [-0.4, -0.2) is 78.3 Å². The molecule has 7 rings (SSSR count). The number of allylic oxidation sites excluding steroid dienone is 1. The Bertz CT molecular complexity index is 1810. The molecule has 1 saturated heterocycles. The lowest BCUT2D eigenvalue weighted by Crippen LogP contribution is -2.48. The molecule has 0 unspecified atom stereocenters. The molecule has 15 heteroatoms. The summed E-state index contributed by atoms with van der Waals surface area (Å²) >= 11 is 0. The first-order valence-electron chi connectivity index (χ1n) is 17.7. The normalized spacial score (nSPS) is 17.0. The monoisotopic (exact) mass is 713 g/mol. The van der Waals surface area contributed by atoms with Gasteiger partial charge in [-0.25, -0.2) is 4.98 Å². The summed E-state index contributed by atoms with van der Waals surface area (Å²) in [5, 5.41) is 16.5. The zero-order valence-electron chi connectivity index (χ0n) is 30.6. The zero-order chi connectivity index (χ0) is 37.4. The van der Waals surface area contributed by atoms with Crippen LogP contribution in [0.3, 0.4) is 0 Å². The first kappa shape index (κ1) is 37.8. The van der Waals surface area contributed by atoms with Crippen molar-refractivity contribution in [1.82, 2.24) is 30.3 Å². The van der Waals surface area contributed by atoms with Gasteiger partial charge < -0.3 is 42.4 Å². The fourth-order valence-corrected chi connectivity index (χ4v) is 6.15. The molecule has 2 aliphatic heterocycles. The molecule has 278 valence electrons. The molecule has 2 aliphatic carbocycles. The number of benzene rings is 1. The lowest BCUT2D eigenvalue weighted by Gasteiger charge is -2.40. The molecule has 52 heavy (non-hydrogen) atoms. The van der Waals surface area contributed by atoms with Crippen molar-refractivity contribution in [3.8, 4) is 11.1 Å². The van der Waals surface area contributed by atoms with Gasteiger partial charge >= 0.3 is 0 Å². The van der Waals surface area contributed by atoms with Crippen LogP contribution in [0.4, 0.5) is 17.2 Å². The minimum atomic E-state index is -0.384. The minimum Gasteiger partial charge on any atom is -0.393 e. The number of hydrogen-bond donors (Lipinski definition) is 6. The number of nitrogens with one attached hydrogen (secondary N) is 4. The van der Waals surface area contributed by atoms with E-state index in [1.54, 1.807) is 20.3 Å². The molecule has 2 saturated carbocycles. The Morgan fingerprint density at radius 1 is 1.02 bits per heavy atom. The first-order chi connectivity index (χ1) is 25.2. The minimum absolute atomic E-state index is 0.0124. The van der Waals surface area contributed by atoms with Crippen LogP contribution in [0.15, 0.2) is 65.9 Å². The van der Waals surface area contributed by atoms with E-state index >= 15 is 0 Å². The number of nitrogens with zero attached hydrogens (tertiary/aromatic N) is 5. The molecule has 3 fully saturated rings. The number of carbonyl (C=O) groups is 3. The molecule has 2 aromatic heterocycles. The number of rotatable bonds is 12. The summed E-state index contributed by atoms with van der Waals surface area (Å²) in [5.41, 5.74) is 18.7. The predicted octanol–water partition coefficient (Wildman–Crippen LogP) is 3.00. The topological polar surface area (TPSA) is 198 Å². The number of likely N-dealkylation sites (tertiary alicyclic amines) is 1. The Morgan fingerprint density at radius 2 is 1.73 bits per heavy atom. The number of para-hydroxylation sites is 1. The second-order valence-corrected chi connectivity index (χ2v) is 13.1. The zero-order valence-corrected chi connectivity index (χ0v) is 30.6. The Morgan fingerprint density at radius 3 is 2.40 bits per heavy atom. The quantitative estimate of drug-likeness (QED) is 0.0917. The smallest absolute Gasteiger partial charge is 0.269 e. The molecule has 3 aromatic rings. The maximum Gasteiger partial charge on any atom is 0.269 e. The predicted molar refractivity (Wildman–Crippen MR) is 201 cm³/mol. The van der Waals surface area contributed by atoms with E-state index in [9.17, 15) is 14.4 Å². The molecule has 3 amide bonds. The second-order valence-electron chi connectivity index (χ2n) is 13.1. The number of fused-ring (bicyclic) bond motifs is 3. The number of carbonyl (C=O) groups excluding carboxylic acids is 3. The third-order valence-corrected chi connectivity index (χ3v) is 8.91.